The Morgan fingerprint density at radius 2 is 0.705 bits per heavy atom. The van der Waals surface area contributed by atoms with E-state index in [2.05, 4.69) is 130 Å². The number of phenolic OH excluding ortho intramolecular Hbond substituents is 6. The molecule has 7 heteroatoms. The molecular weight excluding hydrogens is 761 g/mol. The molecule has 4 rings (SSSR count). The molecule has 0 fully saturated rings. The van der Waals surface area contributed by atoms with E-state index in [1.807, 2.05) is 0 Å². The number of aromatic hydroxyl groups is 6. The minimum atomic E-state index is -0.202. The van der Waals surface area contributed by atoms with Crippen molar-refractivity contribution in [1.82, 2.24) is 0 Å². The Labute approximate surface area is 370 Å². The molecule has 0 aromatic heterocycles. The second-order valence-electron chi connectivity index (χ2n) is 22.7. The maximum atomic E-state index is 10.7. The SMILES string of the molecule is CC(C)(C)CC(C)(C)c1cc(O)c(C(C)(C)CC(C)(C)C)cc1O.COc1ccc(O)cc1.Cc1c(C)c(O)c(C)c(C)c1O.Cc1cc(C(C)(C)C)c(O)c(C(C)(C)C)c1. The van der Waals surface area contributed by atoms with Crippen LogP contribution in [-0.4, -0.2) is 37.7 Å². The molecule has 0 saturated carbocycles. The Morgan fingerprint density at radius 1 is 0.410 bits per heavy atom. The van der Waals surface area contributed by atoms with Gasteiger partial charge < -0.3 is 35.4 Å². The van der Waals surface area contributed by atoms with Gasteiger partial charge in [0.15, 0.2) is 0 Å². The average Bonchev–Trinajstić information content (AvgIpc) is 3.09. The van der Waals surface area contributed by atoms with Gasteiger partial charge in [0.25, 0.3) is 0 Å². The van der Waals surface area contributed by atoms with Crippen LogP contribution in [0.15, 0.2) is 48.5 Å². The summed E-state index contributed by atoms with van der Waals surface area (Å²) < 4.78 is 4.86. The third kappa shape index (κ3) is 16.0. The monoisotopic (exact) mass is 845 g/mol. The van der Waals surface area contributed by atoms with Crippen LogP contribution in [0.3, 0.4) is 0 Å². The molecule has 0 unspecified atom stereocenters. The van der Waals surface area contributed by atoms with Gasteiger partial charge in [0.05, 0.1) is 7.11 Å². The van der Waals surface area contributed by atoms with Gasteiger partial charge in [-0.25, -0.2) is 0 Å². The Morgan fingerprint density at radius 3 is 0.951 bits per heavy atom. The van der Waals surface area contributed by atoms with E-state index in [0.717, 1.165) is 63.1 Å². The van der Waals surface area contributed by atoms with Crippen LogP contribution in [0.5, 0.6) is 40.2 Å². The fourth-order valence-electron chi connectivity index (χ4n) is 8.28. The summed E-state index contributed by atoms with van der Waals surface area (Å²) in [4.78, 5) is 0. The highest BCUT2D eigenvalue weighted by molar-refractivity contribution is 5.56. The molecule has 4 aromatic carbocycles. The van der Waals surface area contributed by atoms with E-state index in [4.69, 9.17) is 9.84 Å². The Bertz CT molecular complexity index is 1860. The molecule has 0 radical (unpaired) electrons. The first kappa shape index (κ1) is 54.5. The fourth-order valence-corrected chi connectivity index (χ4v) is 8.28. The van der Waals surface area contributed by atoms with E-state index in [0.29, 0.717) is 28.7 Å². The highest BCUT2D eigenvalue weighted by Crippen LogP contribution is 2.47. The topological polar surface area (TPSA) is 131 Å². The van der Waals surface area contributed by atoms with Gasteiger partial charge in [0.2, 0.25) is 0 Å². The molecule has 7 nitrogen and oxygen atoms in total. The van der Waals surface area contributed by atoms with Crippen molar-refractivity contribution in [2.45, 2.75) is 180 Å². The quantitative estimate of drug-likeness (QED) is 0.110. The van der Waals surface area contributed by atoms with Crippen LogP contribution in [0.4, 0.5) is 0 Å². The number of methoxy groups -OCH3 is 1. The van der Waals surface area contributed by atoms with Crippen molar-refractivity contribution < 1.29 is 35.4 Å². The van der Waals surface area contributed by atoms with Crippen LogP contribution < -0.4 is 4.74 Å². The van der Waals surface area contributed by atoms with Gasteiger partial charge in [0.1, 0.15) is 40.2 Å². The number of ether oxygens (including phenoxy) is 1. The Balaban J connectivity index is 0.000000434. The lowest BCUT2D eigenvalue weighted by molar-refractivity contribution is 0.270. The molecule has 4 aromatic rings. The van der Waals surface area contributed by atoms with Crippen molar-refractivity contribution >= 4 is 0 Å². The van der Waals surface area contributed by atoms with Crippen molar-refractivity contribution in [2.75, 3.05) is 7.11 Å². The van der Waals surface area contributed by atoms with E-state index in [-0.39, 0.29) is 38.2 Å². The molecule has 0 aliphatic rings. The molecule has 6 N–H and O–H groups in total. The van der Waals surface area contributed by atoms with Gasteiger partial charge in [-0.1, -0.05) is 128 Å². The van der Waals surface area contributed by atoms with Crippen molar-refractivity contribution in [2.24, 2.45) is 10.8 Å². The van der Waals surface area contributed by atoms with Crippen LogP contribution in [0.2, 0.25) is 0 Å². The second-order valence-corrected chi connectivity index (χ2v) is 22.7. The van der Waals surface area contributed by atoms with E-state index in [1.54, 1.807) is 71.2 Å². The highest BCUT2D eigenvalue weighted by Gasteiger charge is 2.34. The van der Waals surface area contributed by atoms with Crippen molar-refractivity contribution in [3.8, 4) is 40.2 Å². The summed E-state index contributed by atoms with van der Waals surface area (Å²) in [6.45, 7) is 43.8. The summed E-state index contributed by atoms with van der Waals surface area (Å²) >= 11 is 0. The lowest BCUT2D eigenvalue weighted by atomic mass is 9.69. The van der Waals surface area contributed by atoms with Crippen molar-refractivity contribution in [1.29, 1.82) is 0 Å². The summed E-state index contributed by atoms with van der Waals surface area (Å²) in [5.74, 6) is 2.65. The predicted octanol–water partition coefficient (Wildman–Crippen LogP) is 14.6. The number of aryl methyl sites for hydroxylation is 1. The summed E-state index contributed by atoms with van der Waals surface area (Å²) in [5, 5.41) is 59.7. The molecule has 0 saturated heterocycles. The van der Waals surface area contributed by atoms with Gasteiger partial charge in [-0.2, -0.15) is 0 Å². The fraction of sp³-hybridized carbons (Fsp3) is 0.556. The normalized spacial score (nSPS) is 12.3. The minimum Gasteiger partial charge on any atom is -0.508 e. The largest absolute Gasteiger partial charge is 0.508 e. The first-order chi connectivity index (χ1) is 27.3. The van der Waals surface area contributed by atoms with Gasteiger partial charge >= 0.3 is 0 Å². The van der Waals surface area contributed by atoms with Crippen LogP contribution >= 0.6 is 0 Å². The van der Waals surface area contributed by atoms with E-state index >= 15 is 0 Å². The van der Waals surface area contributed by atoms with E-state index < -0.39 is 0 Å². The molecule has 0 atom stereocenters. The van der Waals surface area contributed by atoms with Crippen LogP contribution in [0, 0.1) is 45.4 Å². The average molecular weight is 845 g/mol. The number of hydrogen-bond acceptors (Lipinski definition) is 7. The third-order valence-electron chi connectivity index (χ3n) is 11.0. The molecule has 0 bridgehead atoms. The number of rotatable bonds is 5. The summed E-state index contributed by atoms with van der Waals surface area (Å²) in [7, 11) is 1.59. The summed E-state index contributed by atoms with van der Waals surface area (Å²) in [6, 6.07) is 14.3. The van der Waals surface area contributed by atoms with Crippen molar-refractivity contribution in [3.63, 3.8) is 0 Å². The van der Waals surface area contributed by atoms with Crippen molar-refractivity contribution in [3.05, 3.63) is 98.6 Å². The van der Waals surface area contributed by atoms with Gasteiger partial charge in [-0.15, -0.1) is 0 Å². The molecular formula is C54H84O7. The van der Waals surface area contributed by atoms with E-state index in [1.165, 1.54) is 5.56 Å². The van der Waals surface area contributed by atoms with Gasteiger partial charge in [-0.05, 0) is 150 Å². The standard InChI is InChI=1S/C22H38O2.C15H24O.C10H14O2.C7H8O2/c1-19(2,3)13-21(7,8)15-11-18(24)16(12-17(15)23)22(9,10)14-20(4,5)6;1-10-8-11(14(2,3)4)13(16)12(9-10)15(5,6)7;1-5-6(2)10(12)8(4)7(3)9(5)11;1-9-7-4-2-6(8)3-5-7/h11-12,23-24H,13-14H2,1-10H3;8-9,16H,1-7H3;11-12H,1-4H3;2-5,8H,1H3. The second kappa shape index (κ2) is 20.1. The molecule has 0 aliphatic heterocycles. The summed E-state index contributed by atoms with van der Waals surface area (Å²) in [5.41, 5.74) is 7.84. The molecule has 0 heterocycles. The number of phenols is 6. The molecule has 0 amide bonds. The molecule has 0 aliphatic carbocycles. The maximum Gasteiger partial charge on any atom is 0.123 e. The van der Waals surface area contributed by atoms with Crippen LogP contribution in [0.1, 0.15) is 174 Å². The van der Waals surface area contributed by atoms with Gasteiger partial charge in [-0.3, -0.25) is 0 Å². The smallest absolute Gasteiger partial charge is 0.123 e. The zero-order valence-corrected chi connectivity index (χ0v) is 42.1. The first-order valence-electron chi connectivity index (χ1n) is 21.5. The molecule has 342 valence electrons. The number of hydrogen-bond donors (Lipinski definition) is 6. The maximum absolute atomic E-state index is 10.7. The molecule has 0 spiro atoms. The van der Waals surface area contributed by atoms with Crippen LogP contribution in [0.25, 0.3) is 0 Å². The Kier molecular flexibility index (Phi) is 18.0. The predicted molar refractivity (Wildman–Crippen MR) is 258 cm³/mol. The number of benzene rings is 4. The minimum absolute atomic E-state index is 0.0178. The first-order valence-corrected chi connectivity index (χ1v) is 21.5. The van der Waals surface area contributed by atoms with Gasteiger partial charge in [0, 0.05) is 11.1 Å². The van der Waals surface area contributed by atoms with E-state index in [9.17, 15) is 25.5 Å². The molecule has 61 heavy (non-hydrogen) atoms. The lowest BCUT2D eigenvalue weighted by Crippen LogP contribution is -2.27. The zero-order valence-electron chi connectivity index (χ0n) is 42.1. The third-order valence-corrected chi connectivity index (χ3v) is 11.0. The summed E-state index contributed by atoms with van der Waals surface area (Å²) in [6.07, 6.45) is 1.86. The zero-order chi connectivity index (χ0) is 48.0. The van der Waals surface area contributed by atoms with Crippen LogP contribution in [-0.2, 0) is 21.7 Å². The highest BCUT2D eigenvalue weighted by atomic mass is 16.5. The lowest BCUT2D eigenvalue weighted by Gasteiger charge is -2.36. The Hall–Kier alpha value is -4.52.